The second-order valence-electron chi connectivity index (χ2n) is 5.95. The average molecular weight is 362 g/mol. The molecular weight excluding hydrogens is 345 g/mol. The van der Waals surface area contributed by atoms with E-state index in [4.69, 9.17) is 4.74 Å². The summed E-state index contributed by atoms with van der Waals surface area (Å²) >= 11 is 0. The lowest BCUT2D eigenvalue weighted by molar-refractivity contribution is -0.137. The number of fused-ring (bicyclic) bond motifs is 1. The van der Waals surface area contributed by atoms with Gasteiger partial charge in [-0.15, -0.1) is 0 Å². The number of carbonyl (C=O) groups excluding carboxylic acids is 1. The zero-order valence-electron chi connectivity index (χ0n) is 14.0. The van der Waals surface area contributed by atoms with E-state index in [2.05, 4.69) is 10.3 Å². The van der Waals surface area contributed by atoms with E-state index in [1.165, 1.54) is 19.1 Å². The van der Waals surface area contributed by atoms with Crippen molar-refractivity contribution in [2.24, 2.45) is 0 Å². The molecule has 7 heteroatoms. The molecule has 0 fully saturated rings. The third-order valence-electron chi connectivity index (χ3n) is 3.88. The molecule has 1 heterocycles. The molecule has 0 saturated carbocycles. The predicted octanol–water partition coefficient (Wildman–Crippen LogP) is 4.86. The molecule has 2 N–H and O–H groups in total. The van der Waals surface area contributed by atoms with Crippen molar-refractivity contribution in [3.05, 3.63) is 65.4 Å². The molecular formula is C19H17F3N2O2. The van der Waals surface area contributed by atoms with Gasteiger partial charge in [0.1, 0.15) is 0 Å². The molecule has 2 aromatic carbocycles. The highest BCUT2D eigenvalue weighted by Crippen LogP contribution is 2.29. The van der Waals surface area contributed by atoms with Crippen LogP contribution >= 0.6 is 0 Å². The summed E-state index contributed by atoms with van der Waals surface area (Å²) in [6, 6.07) is 10.6. The van der Waals surface area contributed by atoms with E-state index in [-0.39, 0.29) is 12.5 Å². The van der Waals surface area contributed by atoms with Crippen LogP contribution in [0.25, 0.3) is 10.9 Å². The summed E-state index contributed by atoms with van der Waals surface area (Å²) in [6.07, 6.45) is -2.62. The molecule has 0 aliphatic carbocycles. The fourth-order valence-electron chi connectivity index (χ4n) is 2.63. The van der Waals surface area contributed by atoms with E-state index < -0.39 is 11.7 Å². The number of carbonyl (C=O) groups is 1. The Balaban J connectivity index is 1.63. The third-order valence-corrected chi connectivity index (χ3v) is 3.88. The molecule has 0 bridgehead atoms. The van der Waals surface area contributed by atoms with E-state index >= 15 is 0 Å². The van der Waals surface area contributed by atoms with Crippen molar-refractivity contribution in [1.29, 1.82) is 0 Å². The zero-order chi connectivity index (χ0) is 18.7. The highest BCUT2D eigenvalue weighted by Gasteiger charge is 2.29. The summed E-state index contributed by atoms with van der Waals surface area (Å²) in [5.74, 6) is -0.158. The first kappa shape index (κ1) is 18.0. The molecule has 3 aromatic rings. The van der Waals surface area contributed by atoms with Crippen LogP contribution in [0.3, 0.4) is 0 Å². The Hall–Kier alpha value is -2.80. The average Bonchev–Trinajstić information content (AvgIpc) is 2.96. The van der Waals surface area contributed by atoms with Crippen molar-refractivity contribution < 1.29 is 22.7 Å². The summed E-state index contributed by atoms with van der Waals surface area (Å²) < 4.78 is 43.2. The quantitative estimate of drug-likeness (QED) is 0.681. The van der Waals surface area contributed by atoms with Gasteiger partial charge in [0.2, 0.25) is 5.91 Å². The van der Waals surface area contributed by atoms with Crippen molar-refractivity contribution in [2.45, 2.75) is 26.3 Å². The van der Waals surface area contributed by atoms with Gasteiger partial charge in [-0.3, -0.25) is 4.79 Å². The van der Waals surface area contributed by atoms with E-state index in [1.54, 1.807) is 6.20 Å². The Morgan fingerprint density at radius 2 is 1.73 bits per heavy atom. The normalized spacial score (nSPS) is 11.7. The smallest absolute Gasteiger partial charge is 0.372 e. The number of H-pyrrole nitrogens is 1. The van der Waals surface area contributed by atoms with Gasteiger partial charge in [-0.25, -0.2) is 0 Å². The van der Waals surface area contributed by atoms with Crippen molar-refractivity contribution in [2.75, 3.05) is 5.32 Å². The van der Waals surface area contributed by atoms with Crippen LogP contribution in [0.4, 0.5) is 18.9 Å². The lowest BCUT2D eigenvalue weighted by atomic mass is 10.1. The predicted molar refractivity (Wildman–Crippen MR) is 92.5 cm³/mol. The number of amides is 1. The Bertz CT molecular complexity index is 915. The molecule has 0 unspecified atom stereocenters. The molecule has 4 nitrogen and oxygen atoms in total. The molecule has 0 saturated heterocycles. The minimum atomic E-state index is -4.34. The number of rotatable bonds is 5. The zero-order valence-corrected chi connectivity index (χ0v) is 14.0. The van der Waals surface area contributed by atoms with Crippen LogP contribution in [0, 0.1) is 0 Å². The molecule has 0 aliphatic rings. The standard InChI is InChI=1S/C19H17F3N2O2/c1-12(25)24-18-9-23-17-7-4-14(8-16(17)18)11-26-10-13-2-5-15(6-3-13)19(20,21)22/h2-9,23H,10-11H2,1H3,(H,24,25). The van der Waals surface area contributed by atoms with Crippen molar-refractivity contribution in [3.8, 4) is 0 Å². The summed E-state index contributed by atoms with van der Waals surface area (Å²) in [6.45, 7) is 1.96. The Kier molecular flexibility index (Phi) is 4.99. The van der Waals surface area contributed by atoms with Gasteiger partial charge in [0.25, 0.3) is 0 Å². The van der Waals surface area contributed by atoms with Crippen molar-refractivity contribution >= 4 is 22.5 Å². The molecule has 136 valence electrons. The largest absolute Gasteiger partial charge is 0.416 e. The van der Waals surface area contributed by atoms with E-state index in [9.17, 15) is 18.0 Å². The van der Waals surface area contributed by atoms with E-state index in [1.807, 2.05) is 18.2 Å². The monoisotopic (exact) mass is 362 g/mol. The molecule has 26 heavy (non-hydrogen) atoms. The van der Waals surface area contributed by atoms with Crippen LogP contribution in [0.15, 0.2) is 48.7 Å². The molecule has 1 amide bonds. The maximum Gasteiger partial charge on any atom is 0.416 e. The second kappa shape index (κ2) is 7.21. The number of aromatic nitrogens is 1. The van der Waals surface area contributed by atoms with Crippen LogP contribution in [0.2, 0.25) is 0 Å². The number of benzene rings is 2. The molecule has 1 aromatic heterocycles. The van der Waals surface area contributed by atoms with E-state index in [0.717, 1.165) is 28.6 Å². The Labute approximate surface area is 148 Å². The van der Waals surface area contributed by atoms with Gasteiger partial charge in [0.15, 0.2) is 0 Å². The number of hydrogen-bond donors (Lipinski definition) is 2. The second-order valence-corrected chi connectivity index (χ2v) is 5.95. The van der Waals surface area contributed by atoms with Gasteiger partial charge in [-0.05, 0) is 35.4 Å². The highest BCUT2D eigenvalue weighted by molar-refractivity contribution is 6.01. The third kappa shape index (κ3) is 4.23. The van der Waals surface area contributed by atoms with Gasteiger partial charge >= 0.3 is 6.18 Å². The highest BCUT2D eigenvalue weighted by atomic mass is 19.4. The number of anilines is 1. The number of aromatic amines is 1. The lowest BCUT2D eigenvalue weighted by Gasteiger charge is -2.08. The topological polar surface area (TPSA) is 54.1 Å². The number of hydrogen-bond acceptors (Lipinski definition) is 2. The number of nitrogens with one attached hydrogen (secondary N) is 2. The fourth-order valence-corrected chi connectivity index (χ4v) is 2.63. The molecule has 3 rings (SSSR count). The van der Waals surface area contributed by atoms with Crippen molar-refractivity contribution in [3.63, 3.8) is 0 Å². The fraction of sp³-hybridized carbons (Fsp3) is 0.211. The van der Waals surface area contributed by atoms with Gasteiger partial charge < -0.3 is 15.0 Å². The van der Waals surface area contributed by atoms with Gasteiger partial charge in [0.05, 0.1) is 24.5 Å². The van der Waals surface area contributed by atoms with Crippen LogP contribution in [-0.4, -0.2) is 10.9 Å². The number of halogens is 3. The first-order chi connectivity index (χ1) is 12.3. The Morgan fingerprint density at radius 1 is 1.08 bits per heavy atom. The minimum Gasteiger partial charge on any atom is -0.372 e. The first-order valence-electron chi connectivity index (χ1n) is 7.94. The molecule has 0 atom stereocenters. The van der Waals surface area contributed by atoms with Crippen molar-refractivity contribution in [1.82, 2.24) is 4.98 Å². The SMILES string of the molecule is CC(=O)Nc1c[nH]c2ccc(COCc3ccc(C(F)(F)F)cc3)cc12. The van der Waals surface area contributed by atoms with Gasteiger partial charge in [-0.2, -0.15) is 13.2 Å². The molecule has 0 aliphatic heterocycles. The van der Waals surface area contributed by atoms with Gasteiger partial charge in [0, 0.05) is 24.0 Å². The number of ether oxygens (including phenoxy) is 1. The van der Waals surface area contributed by atoms with Crippen LogP contribution in [0.5, 0.6) is 0 Å². The molecule has 0 radical (unpaired) electrons. The summed E-state index contributed by atoms with van der Waals surface area (Å²) in [7, 11) is 0. The lowest BCUT2D eigenvalue weighted by Crippen LogP contribution is -2.05. The van der Waals surface area contributed by atoms with Crippen LogP contribution < -0.4 is 5.32 Å². The Morgan fingerprint density at radius 3 is 2.38 bits per heavy atom. The summed E-state index contributed by atoms with van der Waals surface area (Å²) in [5.41, 5.74) is 2.47. The van der Waals surface area contributed by atoms with Crippen LogP contribution in [-0.2, 0) is 28.9 Å². The summed E-state index contributed by atoms with van der Waals surface area (Å²) in [5, 5.41) is 3.62. The maximum absolute atomic E-state index is 12.5. The minimum absolute atomic E-state index is 0.158. The van der Waals surface area contributed by atoms with E-state index in [0.29, 0.717) is 17.9 Å². The maximum atomic E-state index is 12.5. The van der Waals surface area contributed by atoms with Gasteiger partial charge in [-0.1, -0.05) is 18.2 Å². The molecule has 0 spiro atoms. The first-order valence-corrected chi connectivity index (χ1v) is 7.94. The van der Waals surface area contributed by atoms with Crippen LogP contribution in [0.1, 0.15) is 23.6 Å². The summed E-state index contributed by atoms with van der Waals surface area (Å²) in [4.78, 5) is 14.3. The number of alkyl halides is 3.